The molecular weight excluding hydrogens is 445 g/mol. The highest BCUT2D eigenvalue weighted by Gasteiger charge is 2.32. The van der Waals surface area contributed by atoms with E-state index in [1.165, 1.54) is 6.07 Å². The Morgan fingerprint density at radius 1 is 1.00 bits per heavy atom. The number of rotatable bonds is 4. The number of aromatic nitrogens is 1. The van der Waals surface area contributed by atoms with Crippen LogP contribution in [0.5, 0.6) is 5.75 Å². The van der Waals surface area contributed by atoms with Crippen LogP contribution in [0.2, 0.25) is 0 Å². The lowest BCUT2D eigenvalue weighted by Crippen LogP contribution is -2.50. The number of hydrogen-bond donors (Lipinski definition) is 1. The van der Waals surface area contributed by atoms with Crippen molar-refractivity contribution in [2.75, 3.05) is 31.6 Å². The first-order valence-electron chi connectivity index (χ1n) is 11.8. The number of halogens is 3. The molecule has 2 aliphatic rings. The maximum absolute atomic E-state index is 13.3. The van der Waals surface area contributed by atoms with Crippen molar-refractivity contribution in [3.05, 3.63) is 53.7 Å². The minimum atomic E-state index is -4.39. The van der Waals surface area contributed by atoms with Crippen molar-refractivity contribution in [3.8, 4) is 5.75 Å². The highest BCUT2D eigenvalue weighted by molar-refractivity contribution is 5.75. The number of anilines is 1. The maximum Gasteiger partial charge on any atom is 0.417 e. The summed E-state index contributed by atoms with van der Waals surface area (Å²) in [5, 5.41) is 3.21. The van der Waals surface area contributed by atoms with Gasteiger partial charge in [0.15, 0.2) is 0 Å². The first-order chi connectivity index (χ1) is 16.3. The first-order valence-corrected chi connectivity index (χ1v) is 11.8. The van der Waals surface area contributed by atoms with E-state index in [4.69, 9.17) is 4.74 Å². The normalized spacial score (nSPS) is 20.1. The number of nitrogens with zero attached hydrogens (tertiary/aromatic N) is 3. The van der Waals surface area contributed by atoms with Gasteiger partial charge >= 0.3 is 12.2 Å². The predicted molar refractivity (Wildman–Crippen MR) is 124 cm³/mol. The lowest BCUT2D eigenvalue weighted by atomic mass is 10.0. The Bertz CT molecular complexity index is 942. The Morgan fingerprint density at radius 2 is 1.74 bits per heavy atom. The second-order valence-electron chi connectivity index (χ2n) is 8.95. The van der Waals surface area contributed by atoms with Gasteiger partial charge in [-0.15, -0.1) is 0 Å². The monoisotopic (exact) mass is 476 g/mol. The topological polar surface area (TPSA) is 57.7 Å². The number of carbonyl (C=O) groups excluding carboxylic acids is 1. The highest BCUT2D eigenvalue weighted by Crippen LogP contribution is 2.32. The Labute approximate surface area is 198 Å². The van der Waals surface area contributed by atoms with Crippen molar-refractivity contribution in [1.82, 2.24) is 15.2 Å². The van der Waals surface area contributed by atoms with Gasteiger partial charge in [-0.1, -0.05) is 25.0 Å². The minimum absolute atomic E-state index is 0.0259. The SMILES string of the molecule is COc1ccc(C2CCCCCN2C(=O)NC2CCN(c3ccc(C(F)(F)F)cn3)CC2)cc1. The predicted octanol–water partition coefficient (Wildman–Crippen LogP) is 5.40. The van der Waals surface area contributed by atoms with E-state index in [1.54, 1.807) is 7.11 Å². The molecular formula is C25H31F3N4O2. The lowest BCUT2D eigenvalue weighted by Gasteiger charge is -2.36. The maximum atomic E-state index is 13.3. The highest BCUT2D eigenvalue weighted by atomic mass is 19.4. The number of pyridine rings is 1. The van der Waals surface area contributed by atoms with Crippen LogP contribution in [0.1, 0.15) is 55.7 Å². The van der Waals surface area contributed by atoms with Gasteiger partial charge in [0.2, 0.25) is 0 Å². The number of benzene rings is 1. The van der Waals surface area contributed by atoms with Gasteiger partial charge in [-0.3, -0.25) is 0 Å². The summed E-state index contributed by atoms with van der Waals surface area (Å²) in [6, 6.07) is 10.4. The van der Waals surface area contributed by atoms with E-state index in [9.17, 15) is 18.0 Å². The van der Waals surface area contributed by atoms with Gasteiger partial charge in [0.1, 0.15) is 11.6 Å². The Morgan fingerprint density at radius 3 is 2.35 bits per heavy atom. The van der Waals surface area contributed by atoms with Crippen molar-refractivity contribution in [2.45, 2.75) is 56.8 Å². The number of ether oxygens (including phenoxy) is 1. The van der Waals surface area contributed by atoms with Gasteiger partial charge in [0.05, 0.1) is 18.7 Å². The van der Waals surface area contributed by atoms with Gasteiger partial charge in [-0.25, -0.2) is 9.78 Å². The molecule has 0 radical (unpaired) electrons. The summed E-state index contributed by atoms with van der Waals surface area (Å²) in [4.78, 5) is 21.2. The molecule has 2 aromatic rings. The zero-order chi connectivity index (χ0) is 24.1. The minimum Gasteiger partial charge on any atom is -0.497 e. The van der Waals surface area contributed by atoms with Gasteiger partial charge < -0.3 is 19.9 Å². The molecule has 2 aliphatic heterocycles. The number of alkyl halides is 3. The third-order valence-electron chi connectivity index (χ3n) is 6.74. The fourth-order valence-corrected chi connectivity index (χ4v) is 4.78. The molecule has 9 heteroatoms. The zero-order valence-corrected chi connectivity index (χ0v) is 19.4. The molecule has 1 aromatic carbocycles. The van der Waals surface area contributed by atoms with E-state index < -0.39 is 11.7 Å². The quantitative estimate of drug-likeness (QED) is 0.642. The molecule has 184 valence electrons. The number of nitrogens with one attached hydrogen (secondary N) is 1. The molecule has 3 heterocycles. The number of carbonyl (C=O) groups is 1. The molecule has 2 fully saturated rings. The van der Waals surface area contributed by atoms with Crippen molar-refractivity contribution in [3.63, 3.8) is 0 Å². The van der Waals surface area contributed by atoms with Crippen LogP contribution in [0.25, 0.3) is 0 Å². The molecule has 2 saturated heterocycles. The largest absolute Gasteiger partial charge is 0.497 e. The number of hydrogen-bond acceptors (Lipinski definition) is 4. The van der Waals surface area contributed by atoms with Gasteiger partial charge in [-0.2, -0.15) is 13.2 Å². The summed E-state index contributed by atoms with van der Waals surface area (Å²) in [7, 11) is 1.64. The summed E-state index contributed by atoms with van der Waals surface area (Å²) < 4.78 is 43.6. The average Bonchev–Trinajstić information content (AvgIpc) is 3.10. The van der Waals surface area contributed by atoms with Crippen LogP contribution in [0.15, 0.2) is 42.6 Å². The zero-order valence-electron chi connectivity index (χ0n) is 19.4. The van der Waals surface area contributed by atoms with E-state index in [1.807, 2.05) is 34.1 Å². The Hall–Kier alpha value is -2.97. The fraction of sp³-hybridized carbons (Fsp3) is 0.520. The van der Waals surface area contributed by atoms with Crippen LogP contribution in [-0.4, -0.2) is 48.7 Å². The molecule has 0 aliphatic carbocycles. The van der Waals surface area contributed by atoms with Crippen molar-refractivity contribution < 1.29 is 22.7 Å². The van der Waals surface area contributed by atoms with E-state index >= 15 is 0 Å². The van der Waals surface area contributed by atoms with Crippen molar-refractivity contribution >= 4 is 11.8 Å². The number of urea groups is 1. The Balaban J connectivity index is 1.35. The van der Waals surface area contributed by atoms with E-state index in [-0.39, 0.29) is 18.1 Å². The molecule has 34 heavy (non-hydrogen) atoms. The number of amides is 2. The van der Waals surface area contributed by atoms with Gasteiger partial charge in [0.25, 0.3) is 0 Å². The first kappa shape index (κ1) is 24.2. The molecule has 1 N–H and O–H groups in total. The summed E-state index contributed by atoms with van der Waals surface area (Å²) in [6.45, 7) is 1.98. The average molecular weight is 477 g/mol. The van der Waals surface area contributed by atoms with Crippen LogP contribution < -0.4 is 15.0 Å². The number of methoxy groups -OCH3 is 1. The van der Waals surface area contributed by atoms with Crippen LogP contribution >= 0.6 is 0 Å². The fourth-order valence-electron chi connectivity index (χ4n) is 4.78. The summed E-state index contributed by atoms with van der Waals surface area (Å²) in [6.07, 6.45) is 2.02. The second kappa shape index (κ2) is 10.5. The standard InChI is InChI=1S/C25H31F3N4O2/c1-34-21-9-6-18(7-10-21)22-5-3-2-4-14-32(22)24(33)30-20-12-15-31(16-13-20)23-11-8-19(17-29-23)25(26,27)28/h6-11,17,20,22H,2-5,12-16H2,1H3,(H,30,33). The number of piperidine rings is 1. The third kappa shape index (κ3) is 5.74. The molecule has 0 saturated carbocycles. The molecule has 6 nitrogen and oxygen atoms in total. The van der Waals surface area contributed by atoms with Crippen LogP contribution in [0, 0.1) is 0 Å². The van der Waals surface area contributed by atoms with Crippen molar-refractivity contribution in [2.24, 2.45) is 0 Å². The summed E-state index contributed by atoms with van der Waals surface area (Å²) in [5.41, 5.74) is 0.364. The van der Waals surface area contributed by atoms with Crippen LogP contribution in [0.3, 0.4) is 0 Å². The molecule has 1 aromatic heterocycles. The molecule has 4 rings (SSSR count). The Kier molecular flexibility index (Phi) is 7.48. The van der Waals surface area contributed by atoms with E-state index in [0.717, 1.165) is 68.6 Å². The number of likely N-dealkylation sites (tertiary alicyclic amines) is 1. The van der Waals surface area contributed by atoms with Gasteiger partial charge in [0, 0.05) is 31.9 Å². The summed E-state index contributed by atoms with van der Waals surface area (Å²) in [5.74, 6) is 1.33. The molecule has 1 atom stereocenters. The van der Waals surface area contributed by atoms with Crippen molar-refractivity contribution in [1.29, 1.82) is 0 Å². The molecule has 2 amide bonds. The van der Waals surface area contributed by atoms with E-state index in [2.05, 4.69) is 10.3 Å². The third-order valence-corrected chi connectivity index (χ3v) is 6.74. The second-order valence-corrected chi connectivity index (χ2v) is 8.95. The molecule has 0 spiro atoms. The lowest BCUT2D eigenvalue weighted by molar-refractivity contribution is -0.137. The summed E-state index contributed by atoms with van der Waals surface area (Å²) >= 11 is 0. The van der Waals surface area contributed by atoms with E-state index in [0.29, 0.717) is 18.9 Å². The van der Waals surface area contributed by atoms with Crippen LogP contribution in [-0.2, 0) is 6.18 Å². The van der Waals surface area contributed by atoms with Crippen LogP contribution in [0.4, 0.5) is 23.8 Å². The smallest absolute Gasteiger partial charge is 0.417 e. The van der Waals surface area contributed by atoms with Gasteiger partial charge in [-0.05, 0) is 55.5 Å². The molecule has 1 unspecified atom stereocenters. The molecule has 0 bridgehead atoms.